The van der Waals surface area contributed by atoms with Gasteiger partial charge in [-0.3, -0.25) is 0 Å². The maximum Gasteiger partial charge on any atom is 0.319 e. The number of hydrogen-bond donors (Lipinski definition) is 3. The van der Waals surface area contributed by atoms with E-state index in [1.807, 2.05) is 0 Å². The van der Waals surface area contributed by atoms with E-state index >= 15 is 0 Å². The molecule has 2 heterocycles. The molecule has 1 aliphatic heterocycles. The Labute approximate surface area is 202 Å². The van der Waals surface area contributed by atoms with Crippen LogP contribution in [0.4, 0.5) is 30.8 Å². The summed E-state index contributed by atoms with van der Waals surface area (Å²) >= 11 is 0. The van der Waals surface area contributed by atoms with Gasteiger partial charge in [0.2, 0.25) is 0 Å². The third-order valence-corrected chi connectivity index (χ3v) is 5.53. The van der Waals surface area contributed by atoms with Crippen molar-refractivity contribution in [3.8, 4) is 5.75 Å². The van der Waals surface area contributed by atoms with Gasteiger partial charge in [0.05, 0.1) is 17.0 Å². The summed E-state index contributed by atoms with van der Waals surface area (Å²) in [5.74, 6) is 0.198. The summed E-state index contributed by atoms with van der Waals surface area (Å²) in [7, 11) is 0. The fourth-order valence-electron chi connectivity index (χ4n) is 3.68. The lowest BCUT2D eigenvalue weighted by Gasteiger charge is -2.15. The second-order valence-electron chi connectivity index (χ2n) is 9.02. The number of ether oxygens (including phenoxy) is 2. The fourth-order valence-corrected chi connectivity index (χ4v) is 3.68. The van der Waals surface area contributed by atoms with Gasteiger partial charge in [0.25, 0.3) is 0 Å². The number of nitrogens with one attached hydrogen (secondary N) is 3. The third kappa shape index (κ3) is 6.98. The molecule has 0 bridgehead atoms. The van der Waals surface area contributed by atoms with Crippen molar-refractivity contribution in [1.82, 2.24) is 15.3 Å². The van der Waals surface area contributed by atoms with Crippen LogP contribution in [0.3, 0.4) is 0 Å². The molecular formula is C25H29F2N5O3. The van der Waals surface area contributed by atoms with Crippen LogP contribution >= 0.6 is 0 Å². The number of anilines is 3. The molecule has 1 fully saturated rings. The maximum atomic E-state index is 15.0. The van der Waals surface area contributed by atoms with Gasteiger partial charge in [-0.1, -0.05) is 0 Å². The number of rotatable bonds is 9. The Hall–Kier alpha value is -3.53. The topological polar surface area (TPSA) is 97.4 Å². The lowest BCUT2D eigenvalue weighted by molar-refractivity contribution is 0.0679. The number of fused-ring (bicyclic) bond motifs is 1. The second kappa shape index (κ2) is 10.8. The van der Waals surface area contributed by atoms with Crippen molar-refractivity contribution >= 4 is 34.1 Å². The van der Waals surface area contributed by atoms with Crippen LogP contribution in [-0.2, 0) is 4.74 Å². The molecule has 10 heteroatoms. The molecule has 0 unspecified atom stereocenters. The van der Waals surface area contributed by atoms with Gasteiger partial charge in [0.1, 0.15) is 36.0 Å². The molecule has 3 N–H and O–H groups in total. The van der Waals surface area contributed by atoms with E-state index < -0.39 is 17.5 Å². The second-order valence-corrected chi connectivity index (χ2v) is 9.02. The molecule has 0 saturated carbocycles. The number of carbonyl (C=O) groups excluding carboxylic acids is 1. The summed E-state index contributed by atoms with van der Waals surface area (Å²) in [5.41, 5.74) is 0.272. The number of urea groups is 1. The van der Waals surface area contributed by atoms with Crippen molar-refractivity contribution in [2.45, 2.75) is 44.9 Å². The summed E-state index contributed by atoms with van der Waals surface area (Å²) in [6.45, 7) is 4.25. The molecule has 186 valence electrons. The molecule has 8 nitrogen and oxygen atoms in total. The van der Waals surface area contributed by atoms with Gasteiger partial charge in [0.15, 0.2) is 0 Å². The van der Waals surface area contributed by atoms with Crippen LogP contribution in [0.2, 0.25) is 0 Å². The summed E-state index contributed by atoms with van der Waals surface area (Å²) in [4.78, 5) is 20.4. The van der Waals surface area contributed by atoms with Crippen molar-refractivity contribution in [3.05, 3.63) is 48.5 Å². The predicted octanol–water partition coefficient (Wildman–Crippen LogP) is 5.33. The number of hydrogen-bond acceptors (Lipinski definition) is 6. The Bertz CT molecular complexity index is 1160. The van der Waals surface area contributed by atoms with Crippen LogP contribution in [0.1, 0.15) is 33.1 Å². The van der Waals surface area contributed by atoms with Crippen molar-refractivity contribution in [2.24, 2.45) is 0 Å². The third-order valence-electron chi connectivity index (χ3n) is 5.53. The van der Waals surface area contributed by atoms with Crippen LogP contribution in [-0.4, -0.2) is 47.5 Å². The van der Waals surface area contributed by atoms with Crippen molar-refractivity contribution in [2.75, 3.05) is 30.4 Å². The molecule has 1 atom stereocenters. The molecule has 3 aromatic rings. The molecule has 35 heavy (non-hydrogen) atoms. The van der Waals surface area contributed by atoms with Crippen LogP contribution in [0.15, 0.2) is 42.7 Å². The summed E-state index contributed by atoms with van der Waals surface area (Å²) in [6.07, 6.45) is 3.54. The van der Waals surface area contributed by atoms with Crippen LogP contribution in [0.25, 0.3) is 10.9 Å². The Morgan fingerprint density at radius 2 is 1.97 bits per heavy atom. The summed E-state index contributed by atoms with van der Waals surface area (Å²) < 4.78 is 39.7. The van der Waals surface area contributed by atoms with Gasteiger partial charge in [-0.2, -0.15) is 0 Å². The van der Waals surface area contributed by atoms with Gasteiger partial charge >= 0.3 is 6.03 Å². The molecule has 2 aromatic carbocycles. The number of alkyl halides is 1. The molecule has 0 spiro atoms. The monoisotopic (exact) mass is 485 g/mol. The highest BCUT2D eigenvalue weighted by Gasteiger charge is 2.18. The first-order valence-corrected chi connectivity index (χ1v) is 11.6. The van der Waals surface area contributed by atoms with E-state index in [1.165, 1.54) is 26.2 Å². The van der Waals surface area contributed by atoms with Gasteiger partial charge in [-0.15, -0.1) is 0 Å². The lowest BCUT2D eigenvalue weighted by atomic mass is 10.1. The first-order chi connectivity index (χ1) is 16.8. The minimum Gasteiger partial charge on any atom is -0.491 e. The first-order valence-electron chi connectivity index (χ1n) is 11.6. The van der Waals surface area contributed by atoms with E-state index in [0.717, 1.165) is 19.4 Å². The molecule has 0 aliphatic carbocycles. The van der Waals surface area contributed by atoms with E-state index in [9.17, 15) is 13.6 Å². The van der Waals surface area contributed by atoms with E-state index in [1.54, 1.807) is 30.3 Å². The zero-order valence-electron chi connectivity index (χ0n) is 19.7. The van der Waals surface area contributed by atoms with Crippen molar-refractivity contribution < 1.29 is 23.0 Å². The highest BCUT2D eigenvalue weighted by atomic mass is 19.1. The molecule has 1 aromatic heterocycles. The number of carbonyl (C=O) groups is 1. The smallest absolute Gasteiger partial charge is 0.319 e. The molecule has 0 radical (unpaired) electrons. The first kappa shape index (κ1) is 24.6. The summed E-state index contributed by atoms with van der Waals surface area (Å²) in [6, 6.07) is 9.42. The minimum absolute atomic E-state index is 0.0298. The Morgan fingerprint density at radius 1 is 1.20 bits per heavy atom. The minimum atomic E-state index is -1.34. The van der Waals surface area contributed by atoms with Crippen LogP contribution in [0.5, 0.6) is 5.75 Å². The molecular weight excluding hydrogens is 456 g/mol. The molecule has 1 aliphatic rings. The van der Waals surface area contributed by atoms with Crippen LogP contribution in [0, 0.1) is 5.82 Å². The molecule has 2 amide bonds. The quantitative estimate of drug-likeness (QED) is 0.379. The maximum absolute atomic E-state index is 15.0. The van der Waals surface area contributed by atoms with Gasteiger partial charge < -0.3 is 25.4 Å². The average molecular weight is 486 g/mol. The van der Waals surface area contributed by atoms with Gasteiger partial charge in [0, 0.05) is 36.7 Å². The number of aromatic nitrogens is 2. The van der Waals surface area contributed by atoms with Crippen LogP contribution < -0.4 is 20.7 Å². The zero-order valence-corrected chi connectivity index (χ0v) is 19.7. The van der Waals surface area contributed by atoms with Gasteiger partial charge in [-0.05, 0) is 57.4 Å². The number of amides is 2. The largest absolute Gasteiger partial charge is 0.491 e. The van der Waals surface area contributed by atoms with Gasteiger partial charge in [-0.25, -0.2) is 23.5 Å². The van der Waals surface area contributed by atoms with Crippen molar-refractivity contribution in [1.29, 1.82) is 0 Å². The van der Waals surface area contributed by atoms with E-state index in [4.69, 9.17) is 9.47 Å². The highest BCUT2D eigenvalue weighted by Crippen LogP contribution is 2.30. The predicted molar refractivity (Wildman–Crippen MR) is 131 cm³/mol. The van der Waals surface area contributed by atoms with E-state index in [2.05, 4.69) is 25.9 Å². The van der Waals surface area contributed by atoms with E-state index in [-0.39, 0.29) is 24.5 Å². The highest BCUT2D eigenvalue weighted by molar-refractivity contribution is 5.92. The Balaban J connectivity index is 1.39. The zero-order chi connectivity index (χ0) is 24.8. The normalized spacial score (nSPS) is 15.7. The Kier molecular flexibility index (Phi) is 7.60. The molecule has 4 rings (SSSR count). The van der Waals surface area contributed by atoms with Crippen molar-refractivity contribution in [3.63, 3.8) is 0 Å². The lowest BCUT2D eigenvalue weighted by Crippen LogP contribution is -2.32. The number of nitrogens with zero attached hydrogens (tertiary/aromatic N) is 2. The molecule has 1 saturated heterocycles. The SMILES string of the molecule is CC(C)(F)CCNC(=O)Nc1ccc(Nc2ncnc3cc(OC[C@@H]4CCCO4)cc(F)c23)cc1. The number of benzene rings is 2. The fraction of sp³-hybridized carbons (Fsp3) is 0.400. The average Bonchev–Trinajstić information content (AvgIpc) is 3.32. The standard InChI is InChI=1S/C25H29F2N5O3/c1-25(2,27)9-10-28-24(33)32-17-7-5-16(6-8-17)31-23-22-20(26)12-19(13-21(22)29-15-30-23)35-14-18-4-3-11-34-18/h5-8,12-13,15,18H,3-4,9-11,14H2,1-2H3,(H2,28,32,33)(H,29,30,31)/t18-/m0/s1. The van der Waals surface area contributed by atoms with E-state index in [0.29, 0.717) is 35.1 Å². The Morgan fingerprint density at radius 3 is 2.69 bits per heavy atom. The summed E-state index contributed by atoms with van der Waals surface area (Å²) in [5, 5.41) is 8.64. The number of halogens is 2.